The molecule has 0 spiro atoms. The molecule has 8 heteroatoms. The van der Waals surface area contributed by atoms with E-state index in [-0.39, 0.29) is 23.5 Å². The summed E-state index contributed by atoms with van der Waals surface area (Å²) in [5, 5.41) is 0. The van der Waals surface area contributed by atoms with Gasteiger partial charge in [-0.25, -0.2) is 18.2 Å². The molecule has 0 N–H and O–H groups in total. The van der Waals surface area contributed by atoms with Gasteiger partial charge in [0.2, 0.25) is 5.88 Å². The molecule has 1 aliphatic rings. The Balaban J connectivity index is 1.95. The third-order valence-electron chi connectivity index (χ3n) is 3.85. The fraction of sp³-hybridized carbons (Fsp3) is 0.333. The molecule has 0 aliphatic carbocycles. The lowest BCUT2D eigenvalue weighted by Gasteiger charge is -2.11. The number of ether oxygens (including phenoxy) is 3. The van der Waals surface area contributed by atoms with Crippen LogP contribution in [0.3, 0.4) is 0 Å². The summed E-state index contributed by atoms with van der Waals surface area (Å²) in [6, 6.07) is 6.12. The second kappa shape index (κ2) is 6.95. The Morgan fingerprint density at radius 3 is 2.73 bits per heavy atom. The number of benzene rings is 1. The predicted molar refractivity (Wildman–Crippen MR) is 93.6 cm³/mol. The van der Waals surface area contributed by atoms with Crippen LogP contribution >= 0.6 is 0 Å². The lowest BCUT2D eigenvalue weighted by atomic mass is 10.1. The van der Waals surface area contributed by atoms with E-state index in [4.69, 9.17) is 14.2 Å². The van der Waals surface area contributed by atoms with Gasteiger partial charge in [-0.3, -0.25) is 0 Å². The fourth-order valence-electron chi connectivity index (χ4n) is 2.65. The largest absolute Gasteiger partial charge is 0.490 e. The number of aromatic nitrogens is 1. The highest BCUT2D eigenvalue weighted by atomic mass is 32.2. The molecule has 0 saturated carbocycles. The highest BCUT2D eigenvalue weighted by molar-refractivity contribution is 7.90. The lowest BCUT2D eigenvalue weighted by molar-refractivity contribution is 0.0525. The monoisotopic (exact) mass is 377 g/mol. The summed E-state index contributed by atoms with van der Waals surface area (Å²) in [6.07, 6.45) is 2.94. The van der Waals surface area contributed by atoms with E-state index >= 15 is 0 Å². The molecule has 0 saturated heterocycles. The van der Waals surface area contributed by atoms with Crippen molar-refractivity contribution in [2.75, 3.05) is 12.9 Å². The van der Waals surface area contributed by atoms with Crippen molar-refractivity contribution in [3.8, 4) is 17.4 Å². The average Bonchev–Trinajstić information content (AvgIpc) is 2.95. The topological polar surface area (TPSA) is 91.8 Å². The van der Waals surface area contributed by atoms with Crippen LogP contribution in [0, 0.1) is 0 Å². The van der Waals surface area contributed by atoms with Crippen LogP contribution in [0.4, 0.5) is 0 Å². The van der Waals surface area contributed by atoms with Crippen LogP contribution in [0.2, 0.25) is 0 Å². The van der Waals surface area contributed by atoms with Gasteiger partial charge in [0.25, 0.3) is 0 Å². The number of fused-ring (bicyclic) bond motifs is 1. The molecule has 1 aliphatic heterocycles. The first-order valence-electron chi connectivity index (χ1n) is 8.12. The highest BCUT2D eigenvalue weighted by Gasteiger charge is 2.26. The molecule has 0 amide bonds. The number of pyridine rings is 1. The molecule has 138 valence electrons. The van der Waals surface area contributed by atoms with Gasteiger partial charge in [0.1, 0.15) is 17.6 Å². The van der Waals surface area contributed by atoms with Crippen LogP contribution in [0.25, 0.3) is 0 Å². The Labute approximate surface area is 151 Å². The third kappa shape index (κ3) is 3.80. The molecule has 1 aromatic carbocycles. The Hall–Kier alpha value is -2.61. The maximum absolute atomic E-state index is 12.1. The van der Waals surface area contributed by atoms with E-state index in [1.807, 2.05) is 6.92 Å². The smallest absolute Gasteiger partial charge is 0.338 e. The van der Waals surface area contributed by atoms with Gasteiger partial charge in [-0.05, 0) is 32.0 Å². The zero-order chi connectivity index (χ0) is 18.9. The number of hydrogen-bond acceptors (Lipinski definition) is 7. The predicted octanol–water partition coefficient (Wildman–Crippen LogP) is 2.78. The molecule has 0 fully saturated rings. The quantitative estimate of drug-likeness (QED) is 0.740. The number of esters is 1. The van der Waals surface area contributed by atoms with Gasteiger partial charge in [-0.15, -0.1) is 0 Å². The average molecular weight is 377 g/mol. The number of carbonyl (C=O) groups is 1. The van der Waals surface area contributed by atoms with Gasteiger partial charge in [0, 0.05) is 30.5 Å². The maximum atomic E-state index is 12.1. The molecule has 2 heterocycles. The summed E-state index contributed by atoms with van der Waals surface area (Å²) in [6.45, 7) is 3.92. The summed E-state index contributed by atoms with van der Waals surface area (Å²) in [4.78, 5) is 16.2. The van der Waals surface area contributed by atoms with Crippen LogP contribution in [0.15, 0.2) is 35.4 Å². The fourth-order valence-corrected chi connectivity index (χ4v) is 3.21. The van der Waals surface area contributed by atoms with Gasteiger partial charge in [0.15, 0.2) is 9.84 Å². The zero-order valence-corrected chi connectivity index (χ0v) is 15.5. The van der Waals surface area contributed by atoms with Crippen molar-refractivity contribution in [2.24, 2.45) is 0 Å². The normalized spacial score (nSPS) is 15.9. The SMILES string of the molecule is CCOC(=O)c1cc(Oc2ccc(S(C)(=O)=O)cn2)c2c(c1)OC(C)C2. The molecule has 0 bridgehead atoms. The van der Waals surface area contributed by atoms with E-state index < -0.39 is 15.8 Å². The first-order chi connectivity index (χ1) is 12.3. The lowest BCUT2D eigenvalue weighted by Crippen LogP contribution is -2.06. The van der Waals surface area contributed by atoms with E-state index in [0.29, 0.717) is 23.5 Å². The van der Waals surface area contributed by atoms with Crippen LogP contribution in [-0.2, 0) is 21.0 Å². The number of sulfone groups is 1. The first kappa shape index (κ1) is 18.2. The molecular formula is C18H19NO6S. The minimum atomic E-state index is -3.33. The van der Waals surface area contributed by atoms with E-state index in [1.54, 1.807) is 19.1 Å². The van der Waals surface area contributed by atoms with Crippen molar-refractivity contribution in [1.82, 2.24) is 4.98 Å². The Morgan fingerprint density at radius 1 is 1.35 bits per heavy atom. The van der Waals surface area contributed by atoms with Crippen LogP contribution in [0.5, 0.6) is 17.4 Å². The standard InChI is InChI=1S/C18H19NO6S/c1-4-23-18(20)12-8-15-14(7-11(2)24-15)16(9-12)25-17-6-5-13(10-19-17)26(3,21)22/h5-6,8-11H,4,7H2,1-3H3. The van der Waals surface area contributed by atoms with E-state index in [2.05, 4.69) is 4.98 Å². The van der Waals surface area contributed by atoms with E-state index in [9.17, 15) is 13.2 Å². The molecule has 26 heavy (non-hydrogen) atoms. The van der Waals surface area contributed by atoms with Crippen molar-refractivity contribution < 1.29 is 27.4 Å². The highest BCUT2D eigenvalue weighted by Crippen LogP contribution is 2.39. The molecule has 2 aromatic rings. The third-order valence-corrected chi connectivity index (χ3v) is 4.95. The van der Waals surface area contributed by atoms with Crippen molar-refractivity contribution in [3.05, 3.63) is 41.6 Å². The van der Waals surface area contributed by atoms with Crippen LogP contribution in [0.1, 0.15) is 29.8 Å². The van der Waals surface area contributed by atoms with Gasteiger partial charge < -0.3 is 14.2 Å². The van der Waals surface area contributed by atoms with Crippen molar-refractivity contribution in [2.45, 2.75) is 31.3 Å². The molecule has 0 radical (unpaired) electrons. The van der Waals surface area contributed by atoms with Crippen LogP contribution < -0.4 is 9.47 Å². The second-order valence-electron chi connectivity index (χ2n) is 6.01. The summed E-state index contributed by atoms with van der Waals surface area (Å²) < 4.78 is 39.6. The minimum absolute atomic E-state index is 0.0367. The van der Waals surface area contributed by atoms with Crippen molar-refractivity contribution in [1.29, 1.82) is 0 Å². The first-order valence-corrected chi connectivity index (χ1v) is 10.0. The summed E-state index contributed by atoms with van der Waals surface area (Å²) in [5.41, 5.74) is 1.15. The Morgan fingerprint density at radius 2 is 2.12 bits per heavy atom. The van der Waals surface area contributed by atoms with Gasteiger partial charge in [-0.2, -0.15) is 0 Å². The van der Waals surface area contributed by atoms with Gasteiger partial charge in [0.05, 0.1) is 17.1 Å². The molecule has 3 rings (SSSR count). The van der Waals surface area contributed by atoms with Crippen LogP contribution in [-0.4, -0.2) is 38.3 Å². The van der Waals surface area contributed by atoms with Gasteiger partial charge >= 0.3 is 5.97 Å². The van der Waals surface area contributed by atoms with Crippen molar-refractivity contribution in [3.63, 3.8) is 0 Å². The molecular weight excluding hydrogens is 358 g/mol. The Kier molecular flexibility index (Phi) is 4.86. The molecule has 7 nitrogen and oxygen atoms in total. The summed E-state index contributed by atoms with van der Waals surface area (Å²) >= 11 is 0. The zero-order valence-electron chi connectivity index (χ0n) is 14.7. The number of hydrogen-bond donors (Lipinski definition) is 0. The summed E-state index contributed by atoms with van der Waals surface area (Å²) in [5.74, 6) is 0.768. The Bertz CT molecular complexity index is 937. The van der Waals surface area contributed by atoms with E-state index in [1.165, 1.54) is 18.3 Å². The number of carbonyl (C=O) groups excluding carboxylic acids is 1. The maximum Gasteiger partial charge on any atom is 0.338 e. The summed E-state index contributed by atoms with van der Waals surface area (Å²) in [7, 11) is -3.33. The molecule has 1 atom stereocenters. The van der Waals surface area contributed by atoms with E-state index in [0.717, 1.165) is 11.8 Å². The minimum Gasteiger partial charge on any atom is -0.490 e. The van der Waals surface area contributed by atoms with Crippen molar-refractivity contribution >= 4 is 15.8 Å². The number of rotatable bonds is 5. The molecule has 1 unspecified atom stereocenters. The molecule has 1 aromatic heterocycles. The van der Waals surface area contributed by atoms with Gasteiger partial charge in [-0.1, -0.05) is 0 Å². The number of nitrogens with zero attached hydrogens (tertiary/aromatic N) is 1. The second-order valence-corrected chi connectivity index (χ2v) is 8.03.